The molecule has 0 bridgehead atoms. The Bertz CT molecular complexity index is 1540. The Balaban J connectivity index is 1.30. The number of carbonyl (C=O) groups is 3. The lowest BCUT2D eigenvalue weighted by Crippen LogP contribution is -2.55. The Morgan fingerprint density at radius 3 is 2.40 bits per heavy atom. The van der Waals surface area contributed by atoms with Crippen LogP contribution in [0.5, 0.6) is 0 Å². The Labute approximate surface area is 267 Å². The van der Waals surface area contributed by atoms with E-state index >= 15 is 0 Å². The van der Waals surface area contributed by atoms with Gasteiger partial charge in [-0.15, -0.1) is 0 Å². The standard InChI is InChI=1S/C32H35F5N4O6/c1-46-17-25-26(28(42)47-2)27(18-7-8-23(33)24(34)15-18)41(30(44)39-25)29(43)38-19-11-14-40(16-19)20-9-12-31(45,13-10-20)21-5-3-4-6-22(21)32(35,36)37/h3-8,15,19-20,26-27,45H,9-14,16-17H2,1-2H3,(H,38,43)/t19-,20?,26?,27+,31?/m1/s1. The summed E-state index contributed by atoms with van der Waals surface area (Å²) in [6.07, 6.45) is -3.05. The monoisotopic (exact) mass is 666 g/mol. The molecule has 2 heterocycles. The molecule has 3 aliphatic rings. The molecule has 2 fully saturated rings. The molecular formula is C32H35F5N4O6. The molecule has 2 N–H and O–H groups in total. The van der Waals surface area contributed by atoms with Gasteiger partial charge in [-0.1, -0.05) is 24.3 Å². The molecule has 10 nitrogen and oxygen atoms in total. The first kappa shape index (κ1) is 34.4. The van der Waals surface area contributed by atoms with E-state index in [0.29, 0.717) is 37.3 Å². The van der Waals surface area contributed by atoms with Gasteiger partial charge in [-0.2, -0.15) is 18.2 Å². The zero-order valence-electron chi connectivity index (χ0n) is 25.7. The molecule has 47 heavy (non-hydrogen) atoms. The number of nitrogens with zero attached hydrogens (tertiary/aromatic N) is 3. The number of imide groups is 1. The number of halogens is 5. The van der Waals surface area contributed by atoms with Crippen LogP contribution in [0.1, 0.15) is 54.8 Å². The fourth-order valence-corrected chi connectivity index (χ4v) is 6.94. The van der Waals surface area contributed by atoms with E-state index in [1.54, 1.807) is 0 Å². The van der Waals surface area contributed by atoms with Crippen LogP contribution in [-0.4, -0.2) is 84.6 Å². The van der Waals surface area contributed by atoms with Crippen LogP contribution in [0.2, 0.25) is 0 Å². The Kier molecular flexibility index (Phi) is 9.99. The number of amides is 4. The second-order valence-corrected chi connectivity index (χ2v) is 12.0. The van der Waals surface area contributed by atoms with Crippen molar-refractivity contribution in [2.24, 2.45) is 10.9 Å². The van der Waals surface area contributed by atoms with Crippen molar-refractivity contribution in [3.63, 3.8) is 0 Å². The summed E-state index contributed by atoms with van der Waals surface area (Å²) in [4.78, 5) is 46.6. The topological polar surface area (TPSA) is 121 Å². The van der Waals surface area contributed by atoms with E-state index in [0.717, 1.165) is 31.4 Å². The minimum atomic E-state index is -4.60. The molecule has 1 aliphatic carbocycles. The average molecular weight is 667 g/mol. The van der Waals surface area contributed by atoms with Crippen molar-refractivity contribution >= 4 is 23.7 Å². The van der Waals surface area contributed by atoms with E-state index in [-0.39, 0.29) is 42.3 Å². The molecule has 3 atom stereocenters. The minimum absolute atomic E-state index is 0.0406. The number of alkyl halides is 3. The summed E-state index contributed by atoms with van der Waals surface area (Å²) in [6, 6.07) is 3.93. The van der Waals surface area contributed by atoms with Gasteiger partial charge < -0.3 is 19.9 Å². The SMILES string of the molecule is COCC1=NC(=O)N(C(=O)N[C@@H]2CCN(C3CCC(O)(c4ccccc4C(F)(F)F)CC3)C2)[C@@H](c2ccc(F)c(F)c2)C1C(=O)OC. The molecule has 2 aliphatic heterocycles. The Morgan fingerprint density at radius 1 is 1.06 bits per heavy atom. The summed E-state index contributed by atoms with van der Waals surface area (Å²) in [5.41, 5.74) is -2.71. The predicted octanol–water partition coefficient (Wildman–Crippen LogP) is 4.95. The van der Waals surface area contributed by atoms with E-state index < -0.39 is 65.0 Å². The summed E-state index contributed by atoms with van der Waals surface area (Å²) in [6.45, 7) is 0.621. The fourth-order valence-electron chi connectivity index (χ4n) is 6.94. The summed E-state index contributed by atoms with van der Waals surface area (Å²) in [7, 11) is 2.41. The molecule has 0 radical (unpaired) electrons. The third kappa shape index (κ3) is 7.02. The first-order valence-corrected chi connectivity index (χ1v) is 15.1. The summed E-state index contributed by atoms with van der Waals surface area (Å²) >= 11 is 0. The van der Waals surface area contributed by atoms with Crippen molar-refractivity contribution in [3.05, 3.63) is 70.8 Å². The van der Waals surface area contributed by atoms with Crippen LogP contribution in [0.3, 0.4) is 0 Å². The van der Waals surface area contributed by atoms with Crippen LogP contribution in [0.4, 0.5) is 31.5 Å². The number of benzene rings is 2. The summed E-state index contributed by atoms with van der Waals surface area (Å²) in [5.74, 6) is -4.65. The second-order valence-electron chi connectivity index (χ2n) is 12.0. The lowest BCUT2D eigenvalue weighted by Gasteiger charge is -2.41. The molecule has 5 rings (SSSR count). The molecule has 4 amide bonds. The maximum Gasteiger partial charge on any atom is 0.416 e. The third-order valence-corrected chi connectivity index (χ3v) is 9.23. The normalized spacial score (nSPS) is 27.0. The van der Waals surface area contributed by atoms with Gasteiger partial charge in [0.25, 0.3) is 0 Å². The summed E-state index contributed by atoms with van der Waals surface area (Å²) < 4.78 is 79.1. The van der Waals surface area contributed by atoms with Crippen molar-refractivity contribution in [2.45, 2.75) is 62.0 Å². The molecule has 0 spiro atoms. The number of rotatable bonds is 7. The van der Waals surface area contributed by atoms with Crippen molar-refractivity contribution in [1.82, 2.24) is 15.1 Å². The van der Waals surface area contributed by atoms with Crippen LogP contribution in [0.15, 0.2) is 47.5 Å². The highest BCUT2D eigenvalue weighted by molar-refractivity contribution is 6.12. The van der Waals surface area contributed by atoms with E-state index in [9.17, 15) is 41.4 Å². The van der Waals surface area contributed by atoms with Gasteiger partial charge in [0.2, 0.25) is 0 Å². The van der Waals surface area contributed by atoms with E-state index in [1.165, 1.54) is 25.3 Å². The number of ether oxygens (including phenoxy) is 2. The number of likely N-dealkylation sites (tertiary alicyclic amines) is 1. The van der Waals surface area contributed by atoms with E-state index in [2.05, 4.69) is 15.2 Å². The number of urea groups is 2. The second kappa shape index (κ2) is 13.6. The highest BCUT2D eigenvalue weighted by atomic mass is 19.4. The molecule has 1 saturated heterocycles. The van der Waals surface area contributed by atoms with Gasteiger partial charge in [-0.05, 0) is 61.4 Å². The van der Waals surface area contributed by atoms with Crippen molar-refractivity contribution < 1.29 is 50.9 Å². The van der Waals surface area contributed by atoms with Crippen molar-refractivity contribution in [3.8, 4) is 0 Å². The molecule has 15 heteroatoms. The first-order chi connectivity index (χ1) is 22.3. The number of esters is 1. The molecular weight excluding hydrogens is 631 g/mol. The van der Waals surface area contributed by atoms with Gasteiger partial charge in [0.05, 0.1) is 36.6 Å². The first-order valence-electron chi connectivity index (χ1n) is 15.1. The number of aliphatic hydroxyl groups is 1. The van der Waals surface area contributed by atoms with Gasteiger partial charge >= 0.3 is 24.2 Å². The number of nitrogens with one attached hydrogen (secondary N) is 1. The van der Waals surface area contributed by atoms with Gasteiger partial charge in [-0.3, -0.25) is 9.69 Å². The zero-order chi connectivity index (χ0) is 34.1. The third-order valence-electron chi connectivity index (χ3n) is 9.23. The molecule has 1 unspecified atom stereocenters. The number of aliphatic imine (C=N–C) groups is 1. The van der Waals surface area contributed by atoms with Crippen LogP contribution in [-0.2, 0) is 26.0 Å². The highest BCUT2D eigenvalue weighted by Crippen LogP contribution is 2.44. The summed E-state index contributed by atoms with van der Waals surface area (Å²) in [5, 5.41) is 14.1. The minimum Gasteiger partial charge on any atom is -0.468 e. The van der Waals surface area contributed by atoms with Crippen molar-refractivity contribution in [2.75, 3.05) is 33.9 Å². The lowest BCUT2D eigenvalue weighted by molar-refractivity contribution is -0.145. The van der Waals surface area contributed by atoms with Gasteiger partial charge in [0, 0.05) is 32.3 Å². The highest BCUT2D eigenvalue weighted by Gasteiger charge is 2.48. The predicted molar refractivity (Wildman–Crippen MR) is 157 cm³/mol. The van der Waals surface area contributed by atoms with Gasteiger partial charge in [-0.25, -0.2) is 23.3 Å². The van der Waals surface area contributed by atoms with E-state index in [4.69, 9.17) is 9.47 Å². The number of hydrogen-bond donors (Lipinski definition) is 2. The van der Waals surface area contributed by atoms with Gasteiger partial charge in [0.15, 0.2) is 11.6 Å². The fraction of sp³-hybridized carbons (Fsp3) is 0.500. The smallest absolute Gasteiger partial charge is 0.416 e. The molecule has 0 aromatic heterocycles. The Morgan fingerprint density at radius 2 is 1.77 bits per heavy atom. The van der Waals surface area contributed by atoms with E-state index in [1.807, 2.05) is 0 Å². The number of carbonyl (C=O) groups excluding carboxylic acids is 3. The zero-order valence-corrected chi connectivity index (χ0v) is 25.7. The lowest BCUT2D eigenvalue weighted by atomic mass is 9.75. The average Bonchev–Trinajstić information content (AvgIpc) is 3.50. The molecule has 254 valence electrons. The van der Waals surface area contributed by atoms with Crippen LogP contribution >= 0.6 is 0 Å². The van der Waals surface area contributed by atoms with Crippen LogP contribution in [0, 0.1) is 17.6 Å². The van der Waals surface area contributed by atoms with Crippen LogP contribution < -0.4 is 5.32 Å². The maximum absolute atomic E-state index is 14.4. The van der Waals surface area contributed by atoms with Crippen LogP contribution in [0.25, 0.3) is 0 Å². The number of methoxy groups -OCH3 is 2. The van der Waals surface area contributed by atoms with Gasteiger partial charge in [0.1, 0.15) is 5.92 Å². The Hall–Kier alpha value is -3.95. The largest absolute Gasteiger partial charge is 0.468 e. The van der Waals surface area contributed by atoms with Crippen molar-refractivity contribution in [1.29, 1.82) is 0 Å². The molecule has 2 aromatic rings. The maximum atomic E-state index is 14.4. The molecule has 2 aromatic carbocycles. The molecule has 1 saturated carbocycles. The number of hydrogen-bond acceptors (Lipinski definition) is 7. The quantitative estimate of drug-likeness (QED) is 0.317.